The summed E-state index contributed by atoms with van der Waals surface area (Å²) in [5, 5.41) is 3.78. The zero-order chi connectivity index (χ0) is 25.5. The van der Waals surface area contributed by atoms with Gasteiger partial charge in [-0.25, -0.2) is 0 Å². The number of ketones is 1. The number of anilines is 1. The Morgan fingerprint density at radius 2 is 1.91 bits per heavy atom. The van der Waals surface area contributed by atoms with Gasteiger partial charge in [-0.15, -0.1) is 0 Å². The molecule has 11 heteroatoms. The molecule has 3 aliphatic heterocycles. The molecular weight excluding hydrogens is 450 g/mol. The molecule has 2 amide bonds. The highest BCUT2D eigenvalue weighted by molar-refractivity contribution is 5.99. The molecule has 3 aliphatic rings. The van der Waals surface area contributed by atoms with Crippen LogP contribution in [-0.2, 0) is 14.3 Å². The molecule has 0 saturated carbocycles. The highest BCUT2D eigenvalue weighted by Gasteiger charge is 2.54. The molecule has 188 valence electrons. The number of likely N-dealkylation sites (tertiary alicyclic amines) is 1. The van der Waals surface area contributed by atoms with Crippen LogP contribution in [0, 0.1) is 5.41 Å². The van der Waals surface area contributed by atoms with Gasteiger partial charge < -0.3 is 25.2 Å². The molecular formula is C24H33N7O4. The first-order chi connectivity index (χ1) is 16.5. The fourth-order valence-corrected chi connectivity index (χ4v) is 5.44. The Kier molecular flexibility index (Phi) is 6.77. The molecule has 3 saturated heterocycles. The molecule has 1 aromatic carbocycles. The van der Waals surface area contributed by atoms with E-state index in [1.807, 2.05) is 32.9 Å². The number of amides is 2. The molecule has 2 N–H and O–H groups in total. The molecule has 1 aromatic rings. The third-order valence-corrected chi connectivity index (χ3v) is 7.23. The first-order valence-electron chi connectivity index (χ1n) is 11.9. The van der Waals surface area contributed by atoms with Crippen LogP contribution in [0.15, 0.2) is 23.3 Å². The summed E-state index contributed by atoms with van der Waals surface area (Å²) in [6, 6.07) is 4.01. The second-order valence-corrected chi connectivity index (χ2v) is 10.7. The lowest BCUT2D eigenvalue weighted by Crippen LogP contribution is -2.47. The number of hydrogen-bond donors (Lipinski definition) is 1. The molecule has 35 heavy (non-hydrogen) atoms. The molecule has 4 rings (SSSR count). The summed E-state index contributed by atoms with van der Waals surface area (Å²) in [6.07, 6.45) is -0.657. The third kappa shape index (κ3) is 4.71. The van der Waals surface area contributed by atoms with Crippen molar-refractivity contribution in [3.05, 3.63) is 39.8 Å². The number of carbonyl (C=O) groups excluding carboxylic acids is 3. The molecule has 0 aliphatic carbocycles. The average molecular weight is 484 g/mol. The minimum absolute atomic E-state index is 0.0839. The van der Waals surface area contributed by atoms with E-state index in [-0.39, 0.29) is 30.4 Å². The number of likely N-dealkylation sites (N-methyl/N-ethyl adjacent to an activating group) is 1. The Morgan fingerprint density at radius 1 is 1.23 bits per heavy atom. The SMILES string of the molecule is CN1CCN(c2ccc(C(N)=O)c([C@@H](C(=O)N3C[C@H](N=[N+]=[N-])[C@H]4OCC(=O)[C@H]43)C(C)(C)C)c2)CC1. The van der Waals surface area contributed by atoms with Gasteiger partial charge in [0.2, 0.25) is 11.8 Å². The van der Waals surface area contributed by atoms with Gasteiger partial charge in [-0.3, -0.25) is 14.4 Å². The molecule has 3 heterocycles. The largest absolute Gasteiger partial charge is 0.369 e. The van der Waals surface area contributed by atoms with Gasteiger partial charge in [0, 0.05) is 48.9 Å². The molecule has 0 bridgehead atoms. The van der Waals surface area contributed by atoms with Gasteiger partial charge in [-0.05, 0) is 41.8 Å². The van der Waals surface area contributed by atoms with E-state index >= 15 is 0 Å². The summed E-state index contributed by atoms with van der Waals surface area (Å²) in [7, 11) is 2.08. The average Bonchev–Trinajstić information content (AvgIpc) is 3.34. The zero-order valence-electron chi connectivity index (χ0n) is 20.7. The smallest absolute Gasteiger partial charge is 0.249 e. The maximum Gasteiger partial charge on any atom is 0.249 e. The molecule has 11 nitrogen and oxygen atoms in total. The van der Waals surface area contributed by atoms with Gasteiger partial charge in [0.15, 0.2) is 5.78 Å². The van der Waals surface area contributed by atoms with Crippen molar-refractivity contribution in [2.75, 3.05) is 51.3 Å². The van der Waals surface area contributed by atoms with E-state index in [1.54, 1.807) is 6.07 Å². The van der Waals surface area contributed by atoms with Crippen LogP contribution in [-0.4, -0.2) is 92.0 Å². The van der Waals surface area contributed by atoms with Gasteiger partial charge in [-0.2, -0.15) is 0 Å². The Morgan fingerprint density at radius 3 is 2.51 bits per heavy atom. The van der Waals surface area contributed by atoms with Crippen molar-refractivity contribution in [2.45, 2.75) is 44.9 Å². The Balaban J connectivity index is 1.76. The third-order valence-electron chi connectivity index (χ3n) is 7.23. The lowest BCUT2D eigenvalue weighted by atomic mass is 9.73. The van der Waals surface area contributed by atoms with E-state index in [2.05, 4.69) is 26.9 Å². The number of ether oxygens (including phenoxy) is 1. The number of carbonyl (C=O) groups is 3. The molecule has 0 spiro atoms. The fourth-order valence-electron chi connectivity index (χ4n) is 5.44. The van der Waals surface area contributed by atoms with Crippen molar-refractivity contribution in [1.29, 1.82) is 0 Å². The maximum atomic E-state index is 14.1. The maximum absolute atomic E-state index is 14.1. The Hall–Kier alpha value is -3.14. The number of piperazine rings is 1. The zero-order valence-corrected chi connectivity index (χ0v) is 20.7. The molecule has 3 fully saturated rings. The number of hydrogen-bond acceptors (Lipinski definition) is 7. The number of rotatable bonds is 5. The Bertz CT molecular complexity index is 1070. The minimum atomic E-state index is -0.805. The summed E-state index contributed by atoms with van der Waals surface area (Å²) in [5.41, 5.74) is 15.9. The van der Waals surface area contributed by atoms with Crippen molar-refractivity contribution in [3.63, 3.8) is 0 Å². The van der Waals surface area contributed by atoms with E-state index in [9.17, 15) is 14.4 Å². The van der Waals surface area contributed by atoms with Crippen LogP contribution in [0.1, 0.15) is 42.6 Å². The first-order valence-corrected chi connectivity index (χ1v) is 11.9. The number of fused-ring (bicyclic) bond motifs is 1. The van der Waals surface area contributed by atoms with Crippen LogP contribution in [0.25, 0.3) is 10.4 Å². The van der Waals surface area contributed by atoms with E-state index < -0.39 is 35.4 Å². The molecule has 4 atom stereocenters. The second-order valence-electron chi connectivity index (χ2n) is 10.7. The van der Waals surface area contributed by atoms with Gasteiger partial charge in [-0.1, -0.05) is 25.9 Å². The van der Waals surface area contributed by atoms with Crippen molar-refractivity contribution >= 4 is 23.3 Å². The van der Waals surface area contributed by atoms with Gasteiger partial charge >= 0.3 is 0 Å². The Labute approximate surface area is 204 Å². The molecule has 0 unspecified atom stereocenters. The monoisotopic (exact) mass is 483 g/mol. The van der Waals surface area contributed by atoms with Gasteiger partial charge in [0.1, 0.15) is 12.6 Å². The summed E-state index contributed by atoms with van der Waals surface area (Å²) >= 11 is 0. The topological polar surface area (TPSA) is 145 Å². The van der Waals surface area contributed by atoms with E-state index in [1.165, 1.54) is 4.90 Å². The van der Waals surface area contributed by atoms with Crippen LogP contribution in [0.3, 0.4) is 0 Å². The van der Waals surface area contributed by atoms with Gasteiger partial charge in [0.05, 0.1) is 18.1 Å². The van der Waals surface area contributed by atoms with E-state index in [0.717, 1.165) is 31.9 Å². The fraction of sp³-hybridized carbons (Fsp3) is 0.625. The number of azide groups is 1. The number of primary amides is 1. The summed E-state index contributed by atoms with van der Waals surface area (Å²) in [4.78, 5) is 48.1. The molecule has 0 radical (unpaired) electrons. The number of nitrogens with two attached hydrogens (primary N) is 1. The minimum Gasteiger partial charge on any atom is -0.369 e. The summed E-state index contributed by atoms with van der Waals surface area (Å²) < 4.78 is 5.58. The predicted molar refractivity (Wildman–Crippen MR) is 130 cm³/mol. The highest BCUT2D eigenvalue weighted by Crippen LogP contribution is 2.42. The van der Waals surface area contributed by atoms with Crippen molar-refractivity contribution in [2.24, 2.45) is 16.3 Å². The lowest BCUT2D eigenvalue weighted by molar-refractivity contribution is -0.139. The van der Waals surface area contributed by atoms with Crippen LogP contribution in [0.2, 0.25) is 0 Å². The quantitative estimate of drug-likeness (QED) is 0.382. The van der Waals surface area contributed by atoms with Crippen LogP contribution >= 0.6 is 0 Å². The number of Topliss-reactive ketones (excluding diaryl/α,β-unsaturated/α-hetero) is 1. The summed E-state index contributed by atoms with van der Waals surface area (Å²) in [5.74, 6) is -1.89. The summed E-state index contributed by atoms with van der Waals surface area (Å²) in [6.45, 7) is 9.22. The predicted octanol–water partition coefficient (Wildman–Crippen LogP) is 1.52. The number of benzene rings is 1. The molecule has 0 aromatic heterocycles. The van der Waals surface area contributed by atoms with Crippen LogP contribution in [0.4, 0.5) is 5.69 Å². The first kappa shape index (κ1) is 25.0. The van der Waals surface area contributed by atoms with Gasteiger partial charge in [0.25, 0.3) is 0 Å². The normalized spacial score (nSPS) is 25.8. The van der Waals surface area contributed by atoms with Crippen molar-refractivity contribution in [1.82, 2.24) is 9.80 Å². The van der Waals surface area contributed by atoms with Crippen LogP contribution < -0.4 is 10.6 Å². The van der Waals surface area contributed by atoms with Crippen LogP contribution in [0.5, 0.6) is 0 Å². The van der Waals surface area contributed by atoms with E-state index in [4.69, 9.17) is 16.0 Å². The number of nitrogens with zero attached hydrogens (tertiary/aromatic N) is 6. The lowest BCUT2D eigenvalue weighted by Gasteiger charge is -2.37. The standard InChI is InChI=1S/C24H33N7O4/c1-24(2,3)19(23(34)31-12-17(27-28-26)21-20(31)18(32)13-35-21)16-11-14(5-6-15(16)22(25)33)30-9-7-29(4)8-10-30/h5-6,11,17,19-21H,7-10,12-13H2,1-4H3,(H2,25,33)/t17-,19-,20+,21+/m0/s1. The van der Waals surface area contributed by atoms with Crippen molar-refractivity contribution < 1.29 is 19.1 Å². The van der Waals surface area contributed by atoms with Crippen molar-refractivity contribution in [3.8, 4) is 0 Å². The van der Waals surface area contributed by atoms with E-state index in [0.29, 0.717) is 5.56 Å². The second kappa shape index (κ2) is 9.49. The highest BCUT2D eigenvalue weighted by atomic mass is 16.5.